The molecule has 3 amide bonds. The Kier molecular flexibility index (Phi) is 7.09. The van der Waals surface area contributed by atoms with E-state index in [2.05, 4.69) is 10.4 Å². The maximum atomic E-state index is 13.3. The Morgan fingerprint density at radius 2 is 1.50 bits per heavy atom. The number of carbonyl (C=O) groups is 3. The molecular formula is C25H24F3N5O3. The first-order valence-corrected chi connectivity index (χ1v) is 11.3. The first-order valence-electron chi connectivity index (χ1n) is 11.3. The van der Waals surface area contributed by atoms with Crippen LogP contribution in [-0.2, 0) is 11.0 Å². The first-order chi connectivity index (χ1) is 17.2. The Balaban J connectivity index is 1.31. The van der Waals surface area contributed by atoms with Crippen LogP contribution in [0.4, 0.5) is 13.2 Å². The van der Waals surface area contributed by atoms with Crippen molar-refractivity contribution in [3.63, 3.8) is 0 Å². The topological polar surface area (TPSA) is 87.5 Å². The van der Waals surface area contributed by atoms with Gasteiger partial charge in [0.25, 0.3) is 11.8 Å². The lowest BCUT2D eigenvalue weighted by atomic mass is 10.1. The molecule has 3 aromatic rings. The lowest BCUT2D eigenvalue weighted by Crippen LogP contribution is -2.52. The minimum absolute atomic E-state index is 0.0909. The number of piperazine rings is 1. The number of benzene rings is 2. The van der Waals surface area contributed by atoms with Crippen LogP contribution in [0.1, 0.15) is 32.0 Å². The van der Waals surface area contributed by atoms with E-state index in [4.69, 9.17) is 0 Å². The summed E-state index contributed by atoms with van der Waals surface area (Å²) in [6, 6.07) is 14.0. The van der Waals surface area contributed by atoms with E-state index in [0.29, 0.717) is 11.3 Å². The molecular weight excluding hydrogens is 475 g/mol. The van der Waals surface area contributed by atoms with E-state index < -0.39 is 29.1 Å². The molecule has 0 aliphatic carbocycles. The molecule has 36 heavy (non-hydrogen) atoms. The zero-order chi connectivity index (χ0) is 25.9. The summed E-state index contributed by atoms with van der Waals surface area (Å²) in [6.45, 7) is 1.99. The maximum absolute atomic E-state index is 13.3. The fourth-order valence-corrected chi connectivity index (χ4v) is 4.07. The van der Waals surface area contributed by atoms with Crippen molar-refractivity contribution >= 4 is 17.7 Å². The molecule has 1 aliphatic rings. The zero-order valence-corrected chi connectivity index (χ0v) is 19.5. The van der Waals surface area contributed by atoms with E-state index in [1.165, 1.54) is 28.1 Å². The molecule has 11 heteroatoms. The van der Waals surface area contributed by atoms with Crippen molar-refractivity contribution in [2.45, 2.75) is 13.1 Å². The Bertz CT molecular complexity index is 1270. The second-order valence-electron chi connectivity index (χ2n) is 8.29. The van der Waals surface area contributed by atoms with Crippen LogP contribution in [0.2, 0.25) is 0 Å². The van der Waals surface area contributed by atoms with E-state index in [-0.39, 0.29) is 38.6 Å². The van der Waals surface area contributed by atoms with Crippen LogP contribution in [0.25, 0.3) is 5.69 Å². The average Bonchev–Trinajstić information content (AvgIpc) is 3.28. The van der Waals surface area contributed by atoms with Gasteiger partial charge >= 0.3 is 6.18 Å². The lowest BCUT2D eigenvalue weighted by molar-refractivity contribution is -0.138. The van der Waals surface area contributed by atoms with Gasteiger partial charge < -0.3 is 15.1 Å². The minimum Gasteiger partial charge on any atom is -0.343 e. The van der Waals surface area contributed by atoms with Gasteiger partial charge in [-0.3, -0.25) is 14.4 Å². The summed E-state index contributed by atoms with van der Waals surface area (Å²) >= 11 is 0. The highest BCUT2D eigenvalue weighted by molar-refractivity contribution is 5.98. The molecule has 0 atom stereocenters. The number of nitrogens with one attached hydrogen (secondary N) is 1. The zero-order valence-electron chi connectivity index (χ0n) is 19.5. The van der Waals surface area contributed by atoms with E-state index in [1.807, 2.05) is 30.3 Å². The summed E-state index contributed by atoms with van der Waals surface area (Å²) in [5.74, 6) is -1.52. The number of amides is 3. The normalized spacial score (nSPS) is 14.0. The fourth-order valence-electron chi connectivity index (χ4n) is 4.07. The van der Waals surface area contributed by atoms with Gasteiger partial charge in [-0.15, -0.1) is 0 Å². The monoisotopic (exact) mass is 499 g/mol. The molecule has 0 saturated carbocycles. The molecule has 2 heterocycles. The van der Waals surface area contributed by atoms with Gasteiger partial charge in [0.15, 0.2) is 0 Å². The summed E-state index contributed by atoms with van der Waals surface area (Å²) in [4.78, 5) is 40.7. The highest BCUT2D eigenvalue weighted by atomic mass is 19.4. The molecule has 1 aromatic heterocycles. The van der Waals surface area contributed by atoms with Crippen molar-refractivity contribution in [1.82, 2.24) is 24.9 Å². The number of nitrogens with zero attached hydrogens (tertiary/aromatic N) is 4. The Labute approximate surface area is 205 Å². The van der Waals surface area contributed by atoms with Crippen molar-refractivity contribution < 1.29 is 27.6 Å². The van der Waals surface area contributed by atoms with Gasteiger partial charge in [0.05, 0.1) is 40.8 Å². The van der Waals surface area contributed by atoms with Gasteiger partial charge in [0.2, 0.25) is 5.91 Å². The smallest absolute Gasteiger partial charge is 0.343 e. The molecule has 0 radical (unpaired) electrons. The third-order valence-corrected chi connectivity index (χ3v) is 6.04. The summed E-state index contributed by atoms with van der Waals surface area (Å²) in [7, 11) is 0. The van der Waals surface area contributed by atoms with Crippen molar-refractivity contribution in [1.29, 1.82) is 0 Å². The Morgan fingerprint density at radius 3 is 2.17 bits per heavy atom. The molecule has 2 aromatic carbocycles. The fraction of sp³-hybridized carbons (Fsp3) is 0.280. The number of halogens is 3. The van der Waals surface area contributed by atoms with Gasteiger partial charge in [-0.2, -0.15) is 18.3 Å². The van der Waals surface area contributed by atoms with Crippen LogP contribution in [0.3, 0.4) is 0 Å². The van der Waals surface area contributed by atoms with E-state index in [9.17, 15) is 27.6 Å². The van der Waals surface area contributed by atoms with Gasteiger partial charge in [-0.05, 0) is 31.2 Å². The molecule has 188 valence electrons. The third kappa shape index (κ3) is 5.24. The second kappa shape index (κ2) is 10.2. The number of carbonyl (C=O) groups excluding carboxylic acids is 3. The first kappa shape index (κ1) is 25.0. The molecule has 1 aliphatic heterocycles. The maximum Gasteiger partial charge on any atom is 0.417 e. The van der Waals surface area contributed by atoms with Crippen molar-refractivity contribution in [3.8, 4) is 5.69 Å². The van der Waals surface area contributed by atoms with E-state index >= 15 is 0 Å². The van der Waals surface area contributed by atoms with Crippen LogP contribution < -0.4 is 5.32 Å². The average molecular weight is 499 g/mol. The van der Waals surface area contributed by atoms with Crippen molar-refractivity contribution in [2.24, 2.45) is 0 Å². The number of aromatic nitrogens is 2. The number of hydrogen-bond acceptors (Lipinski definition) is 4. The third-order valence-electron chi connectivity index (χ3n) is 6.04. The SMILES string of the molecule is Cc1c(C(=O)NCC(=O)N2CCN(C(=O)c3ccccc3C(F)(F)F)CC2)cnn1-c1ccccc1. The molecule has 1 saturated heterocycles. The summed E-state index contributed by atoms with van der Waals surface area (Å²) < 4.78 is 41.4. The van der Waals surface area contributed by atoms with Gasteiger partial charge in [0, 0.05) is 26.2 Å². The molecule has 0 unspecified atom stereocenters. The van der Waals surface area contributed by atoms with Gasteiger partial charge in [-0.1, -0.05) is 30.3 Å². The van der Waals surface area contributed by atoms with Crippen LogP contribution in [0, 0.1) is 6.92 Å². The quantitative estimate of drug-likeness (QED) is 0.585. The summed E-state index contributed by atoms with van der Waals surface area (Å²) in [5.41, 5.74) is 0.365. The van der Waals surface area contributed by atoms with Crippen LogP contribution in [0.15, 0.2) is 60.8 Å². The van der Waals surface area contributed by atoms with Crippen LogP contribution >= 0.6 is 0 Å². The van der Waals surface area contributed by atoms with Gasteiger partial charge in [-0.25, -0.2) is 4.68 Å². The van der Waals surface area contributed by atoms with E-state index in [0.717, 1.165) is 17.8 Å². The minimum atomic E-state index is -4.64. The molecule has 0 spiro atoms. The molecule has 1 fully saturated rings. The number of hydrogen-bond donors (Lipinski definition) is 1. The van der Waals surface area contributed by atoms with Crippen molar-refractivity contribution in [3.05, 3.63) is 83.2 Å². The predicted molar refractivity (Wildman–Crippen MR) is 125 cm³/mol. The van der Waals surface area contributed by atoms with Gasteiger partial charge in [0.1, 0.15) is 0 Å². The molecule has 0 bridgehead atoms. The number of alkyl halides is 3. The lowest BCUT2D eigenvalue weighted by Gasteiger charge is -2.35. The van der Waals surface area contributed by atoms with E-state index in [1.54, 1.807) is 11.6 Å². The molecule has 8 nitrogen and oxygen atoms in total. The molecule has 4 rings (SSSR count). The Hall–Kier alpha value is -4.15. The molecule has 1 N–H and O–H groups in total. The number of para-hydroxylation sites is 1. The standard InChI is InChI=1S/C25H24F3N5O3/c1-17-20(15-30-33(17)18-7-3-2-4-8-18)23(35)29-16-22(34)31-11-13-32(14-12-31)24(36)19-9-5-6-10-21(19)25(26,27)28/h2-10,15H,11-14,16H2,1H3,(H,29,35). The van der Waals surface area contributed by atoms with Crippen LogP contribution in [-0.4, -0.2) is 70.0 Å². The van der Waals surface area contributed by atoms with Crippen molar-refractivity contribution in [2.75, 3.05) is 32.7 Å². The van der Waals surface area contributed by atoms with Crippen LogP contribution in [0.5, 0.6) is 0 Å². The largest absolute Gasteiger partial charge is 0.417 e. The summed E-state index contributed by atoms with van der Waals surface area (Å²) in [6.07, 6.45) is -3.20. The second-order valence-corrected chi connectivity index (χ2v) is 8.29. The highest BCUT2D eigenvalue weighted by Crippen LogP contribution is 2.32. The number of rotatable bonds is 5. The summed E-state index contributed by atoms with van der Waals surface area (Å²) in [5, 5.41) is 6.84. The Morgan fingerprint density at radius 1 is 0.889 bits per heavy atom. The highest BCUT2D eigenvalue weighted by Gasteiger charge is 2.36. The predicted octanol–water partition coefficient (Wildman–Crippen LogP) is 2.91.